The number of para-hydroxylation sites is 1. The fourth-order valence-corrected chi connectivity index (χ4v) is 4.63. The van der Waals surface area contributed by atoms with E-state index in [1.54, 1.807) is 30.8 Å². The van der Waals surface area contributed by atoms with E-state index in [0.717, 1.165) is 17.7 Å². The first-order valence-electron chi connectivity index (χ1n) is 10.3. The number of hydrogen-bond donors (Lipinski definition) is 1. The Morgan fingerprint density at radius 1 is 1.03 bits per heavy atom. The van der Waals surface area contributed by atoms with Crippen LogP contribution in [-0.2, 0) is 21.4 Å². The maximum Gasteiger partial charge on any atom is 0.295 e. The van der Waals surface area contributed by atoms with Crippen molar-refractivity contribution in [3.63, 3.8) is 0 Å². The summed E-state index contributed by atoms with van der Waals surface area (Å²) in [7, 11) is 1.74. The number of carbonyl (C=O) groups excluding carboxylic acids is 3. The van der Waals surface area contributed by atoms with Crippen molar-refractivity contribution < 1.29 is 14.4 Å². The minimum absolute atomic E-state index is 0.148. The van der Waals surface area contributed by atoms with Crippen LogP contribution >= 0.6 is 0 Å². The molecule has 2 aromatic rings. The molecule has 0 radical (unpaired) electrons. The van der Waals surface area contributed by atoms with Gasteiger partial charge in [-0.2, -0.15) is 0 Å². The molecule has 0 spiro atoms. The van der Waals surface area contributed by atoms with Gasteiger partial charge in [0, 0.05) is 7.05 Å². The summed E-state index contributed by atoms with van der Waals surface area (Å²) in [5.41, 5.74) is 1.04. The molecule has 8 heteroatoms. The van der Waals surface area contributed by atoms with Crippen LogP contribution in [-0.4, -0.2) is 38.0 Å². The standard InChI is InChI=1S/C22H26N4O4/c1-13-18(22(30)26(24(13)3)15-9-5-4-6-10-15)23-19(27)14(2)25-20(28)16-11-7-8-12-17(16)21(25)29/h4-6,9-10,14,16-17H,7-8,11-12H2,1-3H3,(H,23,27)/t14-,16+,17+/m1/s1. The van der Waals surface area contributed by atoms with Gasteiger partial charge in [-0.05, 0) is 38.8 Å². The van der Waals surface area contributed by atoms with Crippen molar-refractivity contribution >= 4 is 23.4 Å². The van der Waals surface area contributed by atoms with Crippen LogP contribution in [0, 0.1) is 18.8 Å². The first kappa shape index (κ1) is 20.1. The third-order valence-electron chi connectivity index (χ3n) is 6.44. The van der Waals surface area contributed by atoms with Crippen molar-refractivity contribution in [1.82, 2.24) is 14.3 Å². The van der Waals surface area contributed by atoms with Gasteiger partial charge in [-0.3, -0.25) is 28.8 Å². The third kappa shape index (κ3) is 3.07. The molecule has 30 heavy (non-hydrogen) atoms. The highest BCUT2D eigenvalue weighted by molar-refractivity contribution is 6.09. The third-order valence-corrected chi connectivity index (χ3v) is 6.44. The fourth-order valence-electron chi connectivity index (χ4n) is 4.63. The number of rotatable bonds is 4. The smallest absolute Gasteiger partial charge is 0.295 e. The number of hydrogen-bond acceptors (Lipinski definition) is 4. The molecule has 2 aliphatic rings. The molecule has 0 unspecified atom stereocenters. The van der Waals surface area contributed by atoms with E-state index < -0.39 is 11.9 Å². The number of benzene rings is 1. The lowest BCUT2D eigenvalue weighted by Gasteiger charge is -2.22. The Balaban J connectivity index is 1.60. The van der Waals surface area contributed by atoms with Crippen molar-refractivity contribution in [3.8, 4) is 5.69 Å². The van der Waals surface area contributed by atoms with Crippen LogP contribution in [0.15, 0.2) is 35.1 Å². The van der Waals surface area contributed by atoms with Gasteiger partial charge in [0.2, 0.25) is 17.7 Å². The van der Waals surface area contributed by atoms with Crippen LogP contribution in [0.1, 0.15) is 38.3 Å². The molecule has 1 saturated carbocycles. The number of anilines is 1. The lowest BCUT2D eigenvalue weighted by Crippen LogP contribution is -2.46. The van der Waals surface area contributed by atoms with Crippen LogP contribution in [0.25, 0.3) is 5.69 Å². The summed E-state index contributed by atoms with van der Waals surface area (Å²) in [4.78, 5) is 52.6. The van der Waals surface area contributed by atoms with Gasteiger partial charge in [0.1, 0.15) is 11.7 Å². The first-order valence-corrected chi connectivity index (χ1v) is 10.3. The summed E-state index contributed by atoms with van der Waals surface area (Å²) in [6.45, 7) is 3.28. The summed E-state index contributed by atoms with van der Waals surface area (Å²) in [5.74, 6) is -1.69. The zero-order chi connectivity index (χ0) is 21.6. The molecule has 1 N–H and O–H groups in total. The van der Waals surface area contributed by atoms with Gasteiger partial charge < -0.3 is 5.32 Å². The Labute approximate surface area is 174 Å². The molecule has 158 valence electrons. The Kier molecular flexibility index (Phi) is 5.09. The summed E-state index contributed by atoms with van der Waals surface area (Å²) >= 11 is 0. The molecule has 1 aromatic heterocycles. The van der Waals surface area contributed by atoms with E-state index in [0.29, 0.717) is 24.2 Å². The zero-order valence-electron chi connectivity index (χ0n) is 17.4. The summed E-state index contributed by atoms with van der Waals surface area (Å²) in [6.07, 6.45) is 3.24. The van der Waals surface area contributed by atoms with Crippen LogP contribution in [0.5, 0.6) is 0 Å². The SMILES string of the molecule is Cc1c(NC(=O)[C@@H](C)N2C(=O)[C@H]3CCCC[C@@H]3C2=O)c(=O)n(-c2ccccc2)n1C. The molecule has 3 atom stereocenters. The highest BCUT2D eigenvalue weighted by Crippen LogP contribution is 2.38. The van der Waals surface area contributed by atoms with E-state index >= 15 is 0 Å². The van der Waals surface area contributed by atoms with Crippen molar-refractivity contribution in [2.75, 3.05) is 5.32 Å². The van der Waals surface area contributed by atoms with Crippen LogP contribution in [0.4, 0.5) is 5.69 Å². The summed E-state index contributed by atoms with van der Waals surface area (Å²) in [5, 5.41) is 2.67. The van der Waals surface area contributed by atoms with Gasteiger partial charge in [0.25, 0.3) is 5.56 Å². The Hall–Kier alpha value is -3.16. The average molecular weight is 410 g/mol. The molecule has 2 fully saturated rings. The van der Waals surface area contributed by atoms with Crippen molar-refractivity contribution in [2.45, 2.75) is 45.6 Å². The minimum Gasteiger partial charge on any atom is -0.318 e. The first-order chi connectivity index (χ1) is 14.3. The van der Waals surface area contributed by atoms with E-state index in [1.807, 2.05) is 18.2 Å². The lowest BCUT2D eigenvalue weighted by molar-refractivity contribution is -0.146. The number of imide groups is 1. The largest absolute Gasteiger partial charge is 0.318 e. The fraction of sp³-hybridized carbons (Fsp3) is 0.455. The second-order valence-electron chi connectivity index (χ2n) is 8.15. The van der Waals surface area contributed by atoms with E-state index in [2.05, 4.69) is 5.32 Å². The van der Waals surface area contributed by atoms with Gasteiger partial charge in [0.15, 0.2) is 0 Å². The molecule has 0 bridgehead atoms. The summed E-state index contributed by atoms with van der Waals surface area (Å²) < 4.78 is 3.13. The van der Waals surface area contributed by atoms with Gasteiger partial charge in [-0.15, -0.1) is 0 Å². The second-order valence-corrected chi connectivity index (χ2v) is 8.15. The molecule has 4 rings (SSSR count). The van der Waals surface area contributed by atoms with Gasteiger partial charge >= 0.3 is 0 Å². The molecule has 2 heterocycles. The van der Waals surface area contributed by atoms with Crippen LogP contribution in [0.2, 0.25) is 0 Å². The number of carbonyl (C=O) groups is 3. The number of aromatic nitrogens is 2. The highest BCUT2D eigenvalue weighted by Gasteiger charge is 2.50. The predicted molar refractivity (Wildman–Crippen MR) is 111 cm³/mol. The van der Waals surface area contributed by atoms with E-state index in [-0.39, 0.29) is 34.9 Å². The minimum atomic E-state index is -0.972. The molecule has 1 aliphatic heterocycles. The quantitative estimate of drug-likeness (QED) is 0.780. The van der Waals surface area contributed by atoms with Crippen molar-refractivity contribution in [2.24, 2.45) is 18.9 Å². The molecular weight excluding hydrogens is 384 g/mol. The maximum absolute atomic E-state index is 13.0. The lowest BCUT2D eigenvalue weighted by atomic mass is 9.81. The molecular formula is C22H26N4O4. The zero-order valence-corrected chi connectivity index (χ0v) is 17.4. The summed E-state index contributed by atoms with van der Waals surface area (Å²) in [6, 6.07) is 8.15. The van der Waals surface area contributed by atoms with E-state index in [1.165, 1.54) is 11.6 Å². The Bertz CT molecular complexity index is 1040. The van der Waals surface area contributed by atoms with E-state index in [9.17, 15) is 19.2 Å². The molecule has 3 amide bonds. The normalized spacial score (nSPS) is 22.2. The van der Waals surface area contributed by atoms with Gasteiger partial charge in [0.05, 0.1) is 23.2 Å². The van der Waals surface area contributed by atoms with E-state index in [4.69, 9.17) is 0 Å². The number of likely N-dealkylation sites (tertiary alicyclic amines) is 1. The highest BCUT2D eigenvalue weighted by atomic mass is 16.2. The molecule has 1 aliphatic carbocycles. The van der Waals surface area contributed by atoms with Gasteiger partial charge in [-0.25, -0.2) is 4.68 Å². The van der Waals surface area contributed by atoms with Crippen LogP contribution < -0.4 is 10.9 Å². The average Bonchev–Trinajstić information content (AvgIpc) is 3.13. The number of nitrogens with one attached hydrogen (secondary N) is 1. The monoisotopic (exact) mass is 410 g/mol. The maximum atomic E-state index is 13.0. The van der Waals surface area contributed by atoms with Crippen LogP contribution in [0.3, 0.4) is 0 Å². The molecule has 1 aromatic carbocycles. The number of amides is 3. The number of nitrogens with zero attached hydrogens (tertiary/aromatic N) is 3. The predicted octanol–water partition coefficient (Wildman–Crippen LogP) is 1.99. The number of fused-ring (bicyclic) bond motifs is 1. The Morgan fingerprint density at radius 3 is 2.17 bits per heavy atom. The molecule has 1 saturated heterocycles. The van der Waals surface area contributed by atoms with Crippen molar-refractivity contribution in [1.29, 1.82) is 0 Å². The van der Waals surface area contributed by atoms with Gasteiger partial charge in [-0.1, -0.05) is 31.0 Å². The van der Waals surface area contributed by atoms with Crippen molar-refractivity contribution in [3.05, 3.63) is 46.4 Å². The second kappa shape index (κ2) is 7.59. The molecule has 8 nitrogen and oxygen atoms in total. The Morgan fingerprint density at radius 2 is 1.60 bits per heavy atom. The topological polar surface area (TPSA) is 93.4 Å².